The van der Waals surface area contributed by atoms with Gasteiger partial charge in [0.05, 0.1) is 0 Å². The third-order valence-corrected chi connectivity index (χ3v) is 1.00. The lowest BCUT2D eigenvalue weighted by Crippen LogP contribution is -1.99. The lowest BCUT2D eigenvalue weighted by molar-refractivity contribution is 0.648. The fourth-order valence-corrected chi connectivity index (χ4v) is 0.585. The predicted octanol–water partition coefficient (Wildman–Crippen LogP) is 0.802. The molecule has 9 heavy (non-hydrogen) atoms. The van der Waals surface area contributed by atoms with Gasteiger partial charge in [0.15, 0.2) is 0 Å². The van der Waals surface area contributed by atoms with Gasteiger partial charge >= 0.3 is 0 Å². The van der Waals surface area contributed by atoms with Crippen LogP contribution in [-0.4, -0.2) is 16.3 Å². The van der Waals surface area contributed by atoms with Gasteiger partial charge in [-0.25, -0.2) is 6.57 Å². The third kappa shape index (κ3) is 1.57. The molecule has 0 fully saturated rings. The molecule has 0 saturated heterocycles. The van der Waals surface area contributed by atoms with Gasteiger partial charge in [0, 0.05) is 12.4 Å². The standard InChI is InChI=1S/C6H7N3/c1-7-4-6-9-5-2-3-8-9/h2-3,5H,4,6H2. The van der Waals surface area contributed by atoms with Crippen molar-refractivity contribution in [3.63, 3.8) is 0 Å². The molecule has 1 rings (SSSR count). The van der Waals surface area contributed by atoms with Gasteiger partial charge in [-0.15, -0.1) is 0 Å². The summed E-state index contributed by atoms with van der Waals surface area (Å²) in [4.78, 5) is 3.20. The molecule has 0 N–H and O–H groups in total. The minimum atomic E-state index is 0.516. The van der Waals surface area contributed by atoms with E-state index >= 15 is 0 Å². The minimum Gasteiger partial charge on any atom is -0.315 e. The highest BCUT2D eigenvalue weighted by Crippen LogP contribution is 1.83. The second kappa shape index (κ2) is 2.88. The van der Waals surface area contributed by atoms with Crippen molar-refractivity contribution in [2.24, 2.45) is 0 Å². The van der Waals surface area contributed by atoms with E-state index in [4.69, 9.17) is 6.57 Å². The van der Waals surface area contributed by atoms with Crippen LogP contribution in [0.25, 0.3) is 4.85 Å². The number of hydrogen-bond donors (Lipinski definition) is 0. The quantitative estimate of drug-likeness (QED) is 0.530. The summed E-state index contributed by atoms with van der Waals surface area (Å²) in [6.45, 7) is 7.71. The van der Waals surface area contributed by atoms with Crippen LogP contribution >= 0.6 is 0 Å². The molecule has 0 radical (unpaired) electrons. The van der Waals surface area contributed by atoms with E-state index in [1.54, 1.807) is 10.9 Å². The Hall–Kier alpha value is -1.30. The average molecular weight is 121 g/mol. The van der Waals surface area contributed by atoms with Crippen LogP contribution in [0.1, 0.15) is 0 Å². The van der Waals surface area contributed by atoms with Gasteiger partial charge in [-0.05, 0) is 6.07 Å². The summed E-state index contributed by atoms with van der Waals surface area (Å²) < 4.78 is 1.75. The lowest BCUT2D eigenvalue weighted by atomic mass is 10.6. The van der Waals surface area contributed by atoms with Crippen LogP contribution in [0.3, 0.4) is 0 Å². The normalized spacial score (nSPS) is 8.78. The zero-order chi connectivity index (χ0) is 6.53. The number of aromatic nitrogens is 2. The zero-order valence-corrected chi connectivity index (χ0v) is 4.99. The van der Waals surface area contributed by atoms with Gasteiger partial charge in [-0.1, -0.05) is 0 Å². The molecule has 1 heterocycles. The number of hydrogen-bond acceptors (Lipinski definition) is 1. The second-order valence-electron chi connectivity index (χ2n) is 1.65. The van der Waals surface area contributed by atoms with Gasteiger partial charge in [-0.3, -0.25) is 4.68 Å². The number of nitrogens with zero attached hydrogens (tertiary/aromatic N) is 3. The minimum absolute atomic E-state index is 0.516. The molecule has 0 aliphatic rings. The molecule has 0 bridgehead atoms. The van der Waals surface area contributed by atoms with Gasteiger partial charge in [0.2, 0.25) is 6.54 Å². The average Bonchev–Trinajstić information content (AvgIpc) is 2.34. The van der Waals surface area contributed by atoms with Crippen molar-refractivity contribution in [3.8, 4) is 0 Å². The van der Waals surface area contributed by atoms with Crippen LogP contribution in [0.2, 0.25) is 0 Å². The first-order valence-electron chi connectivity index (χ1n) is 2.74. The molecule has 0 unspecified atom stereocenters. The molecule has 0 aliphatic heterocycles. The monoisotopic (exact) mass is 121 g/mol. The van der Waals surface area contributed by atoms with Crippen LogP contribution in [0.4, 0.5) is 0 Å². The van der Waals surface area contributed by atoms with E-state index in [0.29, 0.717) is 13.1 Å². The first kappa shape index (κ1) is 5.83. The van der Waals surface area contributed by atoms with Gasteiger partial charge in [0.1, 0.15) is 6.54 Å². The van der Waals surface area contributed by atoms with E-state index in [1.165, 1.54) is 0 Å². The summed E-state index contributed by atoms with van der Waals surface area (Å²) in [5, 5.41) is 3.93. The van der Waals surface area contributed by atoms with E-state index in [0.717, 1.165) is 0 Å². The highest BCUT2D eigenvalue weighted by Gasteiger charge is 1.88. The molecule has 1 aromatic rings. The lowest BCUT2D eigenvalue weighted by Gasteiger charge is -1.89. The Morgan fingerprint density at radius 2 is 2.56 bits per heavy atom. The van der Waals surface area contributed by atoms with Crippen molar-refractivity contribution >= 4 is 0 Å². The maximum Gasteiger partial charge on any atom is 0.234 e. The Balaban J connectivity index is 2.41. The summed E-state index contributed by atoms with van der Waals surface area (Å²) in [6.07, 6.45) is 3.56. The molecule has 0 saturated carbocycles. The summed E-state index contributed by atoms with van der Waals surface area (Å²) in [5.74, 6) is 0. The Bertz CT molecular complexity index is 195. The SMILES string of the molecule is [C-]#[N+]CCn1cccn1. The van der Waals surface area contributed by atoms with Crippen molar-refractivity contribution in [2.45, 2.75) is 6.54 Å². The van der Waals surface area contributed by atoms with Crippen LogP contribution in [-0.2, 0) is 6.54 Å². The summed E-state index contributed by atoms with van der Waals surface area (Å²) in [5.41, 5.74) is 0. The zero-order valence-electron chi connectivity index (χ0n) is 4.99. The Morgan fingerprint density at radius 3 is 3.11 bits per heavy atom. The van der Waals surface area contributed by atoms with Gasteiger partial charge < -0.3 is 4.85 Å². The summed E-state index contributed by atoms with van der Waals surface area (Å²) in [7, 11) is 0. The maximum atomic E-state index is 6.49. The summed E-state index contributed by atoms with van der Waals surface area (Å²) >= 11 is 0. The highest BCUT2D eigenvalue weighted by molar-refractivity contribution is 4.78. The van der Waals surface area contributed by atoms with Crippen molar-refractivity contribution in [1.82, 2.24) is 9.78 Å². The van der Waals surface area contributed by atoms with Crippen molar-refractivity contribution in [2.75, 3.05) is 6.54 Å². The molecule has 3 nitrogen and oxygen atoms in total. The first-order valence-corrected chi connectivity index (χ1v) is 2.74. The molecular weight excluding hydrogens is 114 g/mol. The molecule has 0 spiro atoms. The third-order valence-electron chi connectivity index (χ3n) is 1.00. The van der Waals surface area contributed by atoms with E-state index in [9.17, 15) is 0 Å². The largest absolute Gasteiger partial charge is 0.315 e. The van der Waals surface area contributed by atoms with Gasteiger partial charge in [0.25, 0.3) is 0 Å². The fourth-order valence-electron chi connectivity index (χ4n) is 0.585. The second-order valence-corrected chi connectivity index (χ2v) is 1.65. The molecule has 0 amide bonds. The van der Waals surface area contributed by atoms with E-state index < -0.39 is 0 Å². The Kier molecular flexibility index (Phi) is 1.86. The molecule has 3 heteroatoms. The van der Waals surface area contributed by atoms with Crippen molar-refractivity contribution in [1.29, 1.82) is 0 Å². The summed E-state index contributed by atoms with van der Waals surface area (Å²) in [6, 6.07) is 1.85. The molecule has 1 aromatic heterocycles. The molecule has 0 aliphatic carbocycles. The van der Waals surface area contributed by atoms with E-state index in [-0.39, 0.29) is 0 Å². The number of rotatable bonds is 2. The molecule has 46 valence electrons. The molecular formula is C6H7N3. The topological polar surface area (TPSA) is 22.2 Å². The van der Waals surface area contributed by atoms with Crippen LogP contribution in [0.5, 0.6) is 0 Å². The Labute approximate surface area is 53.7 Å². The fraction of sp³-hybridized carbons (Fsp3) is 0.333. The van der Waals surface area contributed by atoms with Crippen LogP contribution in [0, 0.1) is 6.57 Å². The Morgan fingerprint density at radius 1 is 1.67 bits per heavy atom. The smallest absolute Gasteiger partial charge is 0.234 e. The highest BCUT2D eigenvalue weighted by atomic mass is 15.3. The van der Waals surface area contributed by atoms with E-state index in [1.807, 2.05) is 12.3 Å². The van der Waals surface area contributed by atoms with Crippen LogP contribution in [0.15, 0.2) is 18.5 Å². The van der Waals surface area contributed by atoms with E-state index in [2.05, 4.69) is 9.94 Å². The van der Waals surface area contributed by atoms with Gasteiger partial charge in [-0.2, -0.15) is 5.10 Å². The molecule has 0 atom stereocenters. The maximum absolute atomic E-state index is 6.49. The van der Waals surface area contributed by atoms with Crippen molar-refractivity contribution < 1.29 is 0 Å². The molecule has 0 aromatic carbocycles. The van der Waals surface area contributed by atoms with Crippen molar-refractivity contribution in [3.05, 3.63) is 29.9 Å². The first-order chi connectivity index (χ1) is 4.43. The van der Waals surface area contributed by atoms with Crippen LogP contribution < -0.4 is 0 Å². The predicted molar refractivity (Wildman–Crippen MR) is 33.7 cm³/mol.